The first kappa shape index (κ1) is 15.0. The van der Waals surface area contributed by atoms with Gasteiger partial charge in [-0.2, -0.15) is 0 Å². The van der Waals surface area contributed by atoms with Crippen LogP contribution in [0, 0.1) is 0 Å². The van der Waals surface area contributed by atoms with Gasteiger partial charge in [0.1, 0.15) is 11.4 Å². The normalized spacial score (nSPS) is 11.4. The molecule has 1 aromatic heterocycles. The predicted octanol–water partition coefficient (Wildman–Crippen LogP) is 4.01. The molecule has 0 atom stereocenters. The van der Waals surface area contributed by atoms with Gasteiger partial charge in [0.05, 0.1) is 5.02 Å². The van der Waals surface area contributed by atoms with Crippen LogP contribution in [0.15, 0.2) is 33.2 Å². The van der Waals surface area contributed by atoms with Gasteiger partial charge in [0.25, 0.3) is 5.91 Å². The second-order valence-electron chi connectivity index (χ2n) is 3.81. The van der Waals surface area contributed by atoms with E-state index in [-0.39, 0.29) is 5.91 Å². The van der Waals surface area contributed by atoms with Crippen LogP contribution in [0.1, 0.15) is 23.0 Å². The quantitative estimate of drug-likeness (QED) is 0.484. The molecule has 0 saturated heterocycles. The summed E-state index contributed by atoms with van der Waals surface area (Å²) in [6, 6.07) is 4.89. The van der Waals surface area contributed by atoms with Crippen LogP contribution in [0.5, 0.6) is 0 Å². The van der Waals surface area contributed by atoms with Crippen LogP contribution in [0.2, 0.25) is 5.02 Å². The second-order valence-corrected chi connectivity index (χ2v) is 5.93. The van der Waals surface area contributed by atoms with Crippen LogP contribution in [-0.2, 0) is 0 Å². The number of aromatic nitrogens is 1. The Kier molecular flexibility index (Phi) is 4.74. The first-order valence-electron chi connectivity index (χ1n) is 5.42. The smallest absolute Gasteiger partial charge is 0.257 e. The summed E-state index contributed by atoms with van der Waals surface area (Å²) >= 11 is 10.4. The number of rotatable bonds is 3. The summed E-state index contributed by atoms with van der Waals surface area (Å²) < 4.78 is 0.648. The average Bonchev–Trinajstić information content (AvgIpc) is 2.89. The van der Waals surface area contributed by atoms with E-state index in [1.54, 1.807) is 30.5 Å². The summed E-state index contributed by atoms with van der Waals surface area (Å²) in [5.41, 5.74) is 1.37. The lowest BCUT2D eigenvalue weighted by molar-refractivity contribution is 0.102. The molecule has 0 saturated carbocycles. The highest BCUT2D eigenvalue weighted by molar-refractivity contribution is 9.10. The van der Waals surface area contributed by atoms with Crippen molar-refractivity contribution in [3.8, 4) is 0 Å². The number of hydrogen-bond donors (Lipinski definition) is 2. The van der Waals surface area contributed by atoms with Crippen molar-refractivity contribution in [2.24, 2.45) is 5.16 Å². The third-order valence-corrected chi connectivity index (χ3v) is 4.40. The lowest BCUT2D eigenvalue weighted by atomic mass is 10.2. The zero-order valence-corrected chi connectivity index (χ0v) is 13.4. The largest absolute Gasteiger partial charge is 0.411 e. The SMILES string of the molecule is C/C(=N/O)c1csc(NC(=O)c2ccc(Cl)c(Br)c2)n1. The van der Waals surface area contributed by atoms with E-state index >= 15 is 0 Å². The Bertz CT molecular complexity index is 687. The molecule has 0 unspecified atom stereocenters. The summed E-state index contributed by atoms with van der Waals surface area (Å²) in [7, 11) is 0. The van der Waals surface area contributed by atoms with Crippen molar-refractivity contribution in [2.75, 3.05) is 5.32 Å². The molecule has 20 heavy (non-hydrogen) atoms. The van der Waals surface area contributed by atoms with Gasteiger partial charge in [0.15, 0.2) is 5.13 Å². The Morgan fingerprint density at radius 1 is 1.55 bits per heavy atom. The van der Waals surface area contributed by atoms with Gasteiger partial charge in [0, 0.05) is 15.4 Å². The van der Waals surface area contributed by atoms with Crippen LogP contribution in [0.3, 0.4) is 0 Å². The number of halogens is 2. The van der Waals surface area contributed by atoms with Crippen LogP contribution >= 0.6 is 38.9 Å². The molecule has 104 valence electrons. The van der Waals surface area contributed by atoms with E-state index < -0.39 is 0 Å². The lowest BCUT2D eigenvalue weighted by Gasteiger charge is -2.03. The minimum Gasteiger partial charge on any atom is -0.411 e. The summed E-state index contributed by atoms with van der Waals surface area (Å²) in [5, 5.41) is 17.1. The van der Waals surface area contributed by atoms with Crippen molar-refractivity contribution in [2.45, 2.75) is 6.92 Å². The molecular formula is C12H9BrClN3O2S. The number of benzene rings is 1. The van der Waals surface area contributed by atoms with Gasteiger partial charge in [-0.05, 0) is 41.1 Å². The highest BCUT2D eigenvalue weighted by Gasteiger charge is 2.11. The highest BCUT2D eigenvalue weighted by atomic mass is 79.9. The van der Waals surface area contributed by atoms with Gasteiger partial charge >= 0.3 is 0 Å². The maximum absolute atomic E-state index is 12.0. The molecule has 0 aliphatic rings. The van der Waals surface area contributed by atoms with E-state index in [0.29, 0.717) is 31.6 Å². The molecule has 2 aromatic rings. The van der Waals surface area contributed by atoms with Crippen molar-refractivity contribution >= 4 is 55.6 Å². The fraction of sp³-hybridized carbons (Fsp3) is 0.0833. The average molecular weight is 375 g/mol. The fourth-order valence-electron chi connectivity index (χ4n) is 1.36. The zero-order valence-electron chi connectivity index (χ0n) is 10.2. The van der Waals surface area contributed by atoms with Gasteiger partial charge in [-0.1, -0.05) is 16.8 Å². The molecule has 0 fully saturated rings. The number of thiazole rings is 1. The number of anilines is 1. The predicted molar refractivity (Wildman–Crippen MR) is 83.2 cm³/mol. The van der Waals surface area contributed by atoms with Gasteiger partial charge in [-0.15, -0.1) is 11.3 Å². The first-order chi connectivity index (χ1) is 9.51. The van der Waals surface area contributed by atoms with Crippen LogP contribution in [0.25, 0.3) is 0 Å². The van der Waals surface area contributed by atoms with Crippen molar-refractivity contribution in [1.82, 2.24) is 4.98 Å². The summed E-state index contributed by atoms with van der Waals surface area (Å²) in [5.74, 6) is -0.290. The third kappa shape index (κ3) is 3.36. The Balaban J connectivity index is 2.15. The van der Waals surface area contributed by atoms with Gasteiger partial charge in [0.2, 0.25) is 0 Å². The maximum atomic E-state index is 12.0. The Morgan fingerprint density at radius 2 is 2.30 bits per heavy atom. The van der Waals surface area contributed by atoms with Crippen molar-refractivity contribution < 1.29 is 10.0 Å². The minimum absolute atomic E-state index is 0.290. The van der Waals surface area contributed by atoms with Crippen LogP contribution < -0.4 is 5.32 Å². The summed E-state index contributed by atoms with van der Waals surface area (Å²) in [4.78, 5) is 16.2. The Morgan fingerprint density at radius 3 is 2.95 bits per heavy atom. The van der Waals surface area contributed by atoms with Crippen LogP contribution in [0.4, 0.5) is 5.13 Å². The zero-order chi connectivity index (χ0) is 14.7. The Labute approximate surface area is 132 Å². The van der Waals surface area contributed by atoms with E-state index in [2.05, 4.69) is 31.4 Å². The highest BCUT2D eigenvalue weighted by Crippen LogP contribution is 2.24. The molecule has 1 heterocycles. The number of carbonyl (C=O) groups is 1. The molecule has 1 aromatic carbocycles. The fourth-order valence-corrected chi connectivity index (χ4v) is 2.60. The number of hydrogen-bond acceptors (Lipinski definition) is 5. The maximum Gasteiger partial charge on any atom is 0.257 e. The number of amides is 1. The van der Waals surface area contributed by atoms with E-state index in [0.717, 1.165) is 0 Å². The van der Waals surface area contributed by atoms with Gasteiger partial charge in [-0.3, -0.25) is 10.1 Å². The first-order valence-corrected chi connectivity index (χ1v) is 7.47. The Hall–Kier alpha value is -1.44. The van der Waals surface area contributed by atoms with Gasteiger partial charge < -0.3 is 5.21 Å². The van der Waals surface area contributed by atoms with E-state index in [9.17, 15) is 4.79 Å². The third-order valence-electron chi connectivity index (χ3n) is 2.43. The lowest BCUT2D eigenvalue weighted by Crippen LogP contribution is -2.12. The summed E-state index contributed by atoms with van der Waals surface area (Å²) in [6.07, 6.45) is 0. The number of nitrogens with zero attached hydrogens (tertiary/aromatic N) is 2. The summed E-state index contributed by atoms with van der Waals surface area (Å²) in [6.45, 7) is 1.62. The van der Waals surface area contributed by atoms with Crippen molar-refractivity contribution in [3.63, 3.8) is 0 Å². The molecule has 5 nitrogen and oxygen atoms in total. The molecule has 0 aliphatic carbocycles. The second kappa shape index (κ2) is 6.34. The van der Waals surface area contributed by atoms with Crippen molar-refractivity contribution in [3.05, 3.63) is 44.3 Å². The molecule has 1 amide bonds. The number of oxime groups is 1. The molecular weight excluding hydrogens is 366 g/mol. The number of carbonyl (C=O) groups excluding carboxylic acids is 1. The van der Waals surface area contributed by atoms with E-state index in [1.165, 1.54) is 11.3 Å². The minimum atomic E-state index is -0.290. The van der Waals surface area contributed by atoms with Crippen molar-refractivity contribution in [1.29, 1.82) is 0 Å². The standard InChI is InChI=1S/C12H9BrClN3O2S/c1-6(17-19)10-5-20-12(15-10)16-11(18)7-2-3-9(14)8(13)4-7/h2-5,19H,1H3,(H,15,16,18)/b17-6-. The van der Waals surface area contributed by atoms with Gasteiger partial charge in [-0.25, -0.2) is 4.98 Å². The van der Waals surface area contributed by atoms with E-state index in [4.69, 9.17) is 16.8 Å². The van der Waals surface area contributed by atoms with E-state index in [1.807, 2.05) is 0 Å². The topological polar surface area (TPSA) is 74.6 Å². The van der Waals surface area contributed by atoms with Crippen LogP contribution in [-0.4, -0.2) is 21.8 Å². The number of nitrogens with one attached hydrogen (secondary N) is 1. The molecule has 0 spiro atoms. The molecule has 0 radical (unpaired) electrons. The molecule has 8 heteroatoms. The molecule has 0 aliphatic heterocycles. The molecule has 2 N–H and O–H groups in total. The molecule has 2 rings (SSSR count). The molecule has 0 bridgehead atoms. The monoisotopic (exact) mass is 373 g/mol.